The Labute approximate surface area is 129 Å². The number of nitriles is 1. The minimum Gasteiger partial charge on any atom is -0.317 e. The van der Waals surface area contributed by atoms with Crippen LogP contribution in [0, 0.1) is 17.2 Å². The van der Waals surface area contributed by atoms with Crippen molar-refractivity contribution in [3.63, 3.8) is 0 Å². The molecule has 3 heteroatoms. The average molecular weight is 285 g/mol. The summed E-state index contributed by atoms with van der Waals surface area (Å²) in [6, 6.07) is 11.2. The fraction of sp³-hybridized carbons (Fsp3) is 0.611. The Kier molecular flexibility index (Phi) is 5.78. The molecule has 0 aromatic heterocycles. The number of rotatable bonds is 5. The number of nitrogens with zero attached hydrogens (tertiary/aromatic N) is 2. The maximum absolute atomic E-state index is 9.08. The molecule has 1 atom stereocenters. The molecule has 3 nitrogen and oxygen atoms in total. The Balaban J connectivity index is 2.10. The first-order valence-corrected chi connectivity index (χ1v) is 8.08. The molecular formula is C18H27N3. The van der Waals surface area contributed by atoms with Gasteiger partial charge in [0.05, 0.1) is 11.6 Å². The summed E-state index contributed by atoms with van der Waals surface area (Å²) in [6.45, 7) is 10.2. The van der Waals surface area contributed by atoms with Crippen molar-refractivity contribution in [1.82, 2.24) is 10.2 Å². The van der Waals surface area contributed by atoms with Crippen molar-refractivity contribution >= 4 is 0 Å². The van der Waals surface area contributed by atoms with E-state index in [-0.39, 0.29) is 0 Å². The Morgan fingerprint density at radius 1 is 1.29 bits per heavy atom. The second kappa shape index (κ2) is 7.59. The molecule has 1 aromatic rings. The van der Waals surface area contributed by atoms with Crippen LogP contribution in [0.4, 0.5) is 0 Å². The number of benzene rings is 1. The largest absolute Gasteiger partial charge is 0.317 e. The Morgan fingerprint density at radius 3 is 2.62 bits per heavy atom. The van der Waals surface area contributed by atoms with Gasteiger partial charge in [0.25, 0.3) is 0 Å². The summed E-state index contributed by atoms with van der Waals surface area (Å²) < 4.78 is 0. The van der Waals surface area contributed by atoms with Crippen LogP contribution in [0.25, 0.3) is 0 Å². The van der Waals surface area contributed by atoms with E-state index in [4.69, 9.17) is 5.26 Å². The van der Waals surface area contributed by atoms with Gasteiger partial charge in [-0.2, -0.15) is 5.26 Å². The number of nitrogens with one attached hydrogen (secondary N) is 1. The second-order valence-electron chi connectivity index (χ2n) is 6.40. The van der Waals surface area contributed by atoms with Crippen LogP contribution in [0.15, 0.2) is 24.3 Å². The molecule has 1 aromatic carbocycles. The molecule has 1 fully saturated rings. The molecule has 21 heavy (non-hydrogen) atoms. The van der Waals surface area contributed by atoms with Gasteiger partial charge in [-0.15, -0.1) is 0 Å². The standard InChI is InChI=1S/C18H27N3/c1-14(2)21(13-16-7-9-20-10-8-16)15(3)18-6-4-5-17(11-18)12-19/h4-6,11,14-16,20H,7-10,13H2,1-3H3. The summed E-state index contributed by atoms with van der Waals surface area (Å²) in [7, 11) is 0. The van der Waals surface area contributed by atoms with E-state index >= 15 is 0 Å². The molecule has 0 amide bonds. The van der Waals surface area contributed by atoms with Gasteiger partial charge in [0.1, 0.15) is 0 Å². The third kappa shape index (κ3) is 4.30. The molecule has 0 bridgehead atoms. The third-order valence-electron chi connectivity index (χ3n) is 4.59. The van der Waals surface area contributed by atoms with Gasteiger partial charge in [-0.05, 0) is 70.3 Å². The monoisotopic (exact) mass is 285 g/mol. The molecule has 1 aliphatic rings. The zero-order chi connectivity index (χ0) is 15.2. The van der Waals surface area contributed by atoms with E-state index in [2.05, 4.69) is 43.1 Å². The topological polar surface area (TPSA) is 39.1 Å². The van der Waals surface area contributed by atoms with Gasteiger partial charge in [0.15, 0.2) is 0 Å². The van der Waals surface area contributed by atoms with E-state index in [1.807, 2.05) is 18.2 Å². The van der Waals surface area contributed by atoms with Crippen LogP contribution < -0.4 is 5.32 Å². The van der Waals surface area contributed by atoms with E-state index < -0.39 is 0 Å². The second-order valence-corrected chi connectivity index (χ2v) is 6.40. The molecule has 1 heterocycles. The van der Waals surface area contributed by atoms with Crippen molar-refractivity contribution in [1.29, 1.82) is 5.26 Å². The lowest BCUT2D eigenvalue weighted by molar-refractivity contribution is 0.125. The SMILES string of the molecule is CC(C)N(CC1CCNCC1)C(C)c1cccc(C#N)c1. The Hall–Kier alpha value is -1.37. The molecule has 1 saturated heterocycles. The van der Waals surface area contributed by atoms with E-state index in [9.17, 15) is 0 Å². The van der Waals surface area contributed by atoms with Crippen molar-refractivity contribution in [2.75, 3.05) is 19.6 Å². The zero-order valence-electron chi connectivity index (χ0n) is 13.5. The van der Waals surface area contributed by atoms with Crippen LogP contribution in [0.1, 0.15) is 50.8 Å². The van der Waals surface area contributed by atoms with Crippen molar-refractivity contribution in [3.05, 3.63) is 35.4 Å². The summed E-state index contributed by atoms with van der Waals surface area (Å²) in [5.74, 6) is 0.787. The first-order valence-electron chi connectivity index (χ1n) is 8.08. The summed E-state index contributed by atoms with van der Waals surface area (Å²) in [5, 5.41) is 12.5. The number of piperidine rings is 1. The van der Waals surface area contributed by atoms with Gasteiger partial charge in [0, 0.05) is 18.6 Å². The van der Waals surface area contributed by atoms with E-state index in [0.717, 1.165) is 31.1 Å². The Bertz CT molecular complexity index is 483. The number of hydrogen-bond acceptors (Lipinski definition) is 3. The number of hydrogen-bond donors (Lipinski definition) is 1. The van der Waals surface area contributed by atoms with Gasteiger partial charge in [0.2, 0.25) is 0 Å². The molecular weight excluding hydrogens is 258 g/mol. The molecule has 0 aliphatic carbocycles. The van der Waals surface area contributed by atoms with E-state index in [1.165, 1.54) is 18.4 Å². The van der Waals surface area contributed by atoms with Crippen LogP contribution in [0.5, 0.6) is 0 Å². The summed E-state index contributed by atoms with van der Waals surface area (Å²) in [5.41, 5.74) is 2.00. The van der Waals surface area contributed by atoms with Crippen LogP contribution >= 0.6 is 0 Å². The van der Waals surface area contributed by atoms with E-state index in [1.54, 1.807) is 0 Å². The fourth-order valence-electron chi connectivity index (χ4n) is 3.24. The zero-order valence-corrected chi connectivity index (χ0v) is 13.5. The minimum absolute atomic E-state index is 0.355. The maximum atomic E-state index is 9.08. The first kappa shape index (κ1) is 16.0. The van der Waals surface area contributed by atoms with Crippen molar-refractivity contribution < 1.29 is 0 Å². The lowest BCUT2D eigenvalue weighted by Crippen LogP contribution is -2.40. The van der Waals surface area contributed by atoms with Crippen molar-refractivity contribution in [3.8, 4) is 6.07 Å². The Morgan fingerprint density at radius 2 is 2.00 bits per heavy atom. The summed E-state index contributed by atoms with van der Waals surface area (Å²) in [6.07, 6.45) is 2.54. The van der Waals surface area contributed by atoms with Crippen molar-refractivity contribution in [2.45, 2.75) is 45.7 Å². The maximum Gasteiger partial charge on any atom is 0.0991 e. The highest BCUT2D eigenvalue weighted by Gasteiger charge is 2.23. The van der Waals surface area contributed by atoms with Crippen LogP contribution in [-0.4, -0.2) is 30.6 Å². The average Bonchev–Trinajstić information content (AvgIpc) is 2.52. The van der Waals surface area contributed by atoms with E-state index in [0.29, 0.717) is 12.1 Å². The molecule has 1 aliphatic heterocycles. The lowest BCUT2D eigenvalue weighted by atomic mass is 9.95. The quantitative estimate of drug-likeness (QED) is 0.902. The molecule has 0 spiro atoms. The van der Waals surface area contributed by atoms with Gasteiger partial charge in [-0.3, -0.25) is 4.90 Å². The smallest absolute Gasteiger partial charge is 0.0991 e. The molecule has 2 rings (SSSR count). The molecule has 0 saturated carbocycles. The van der Waals surface area contributed by atoms with Crippen LogP contribution in [0.2, 0.25) is 0 Å². The van der Waals surface area contributed by atoms with Gasteiger partial charge in [-0.25, -0.2) is 0 Å². The predicted molar refractivity (Wildman–Crippen MR) is 87.0 cm³/mol. The summed E-state index contributed by atoms with van der Waals surface area (Å²) >= 11 is 0. The minimum atomic E-state index is 0.355. The van der Waals surface area contributed by atoms with Crippen LogP contribution in [0.3, 0.4) is 0 Å². The van der Waals surface area contributed by atoms with Gasteiger partial charge < -0.3 is 5.32 Å². The molecule has 1 unspecified atom stereocenters. The third-order valence-corrected chi connectivity index (χ3v) is 4.59. The van der Waals surface area contributed by atoms with Crippen LogP contribution in [-0.2, 0) is 0 Å². The molecule has 0 radical (unpaired) electrons. The highest BCUT2D eigenvalue weighted by Crippen LogP contribution is 2.26. The van der Waals surface area contributed by atoms with Gasteiger partial charge >= 0.3 is 0 Å². The lowest BCUT2D eigenvalue weighted by Gasteiger charge is -2.37. The predicted octanol–water partition coefficient (Wildman–Crippen LogP) is 3.33. The highest BCUT2D eigenvalue weighted by molar-refractivity contribution is 5.34. The molecule has 114 valence electrons. The van der Waals surface area contributed by atoms with Crippen molar-refractivity contribution in [2.24, 2.45) is 5.92 Å². The first-order chi connectivity index (χ1) is 10.1. The molecule has 1 N–H and O–H groups in total. The van der Waals surface area contributed by atoms with Gasteiger partial charge in [-0.1, -0.05) is 12.1 Å². The normalized spacial score (nSPS) is 17.9. The fourth-order valence-corrected chi connectivity index (χ4v) is 3.24. The highest BCUT2D eigenvalue weighted by atomic mass is 15.2. The summed E-state index contributed by atoms with van der Waals surface area (Å²) in [4.78, 5) is 2.58.